The van der Waals surface area contributed by atoms with Gasteiger partial charge >= 0.3 is 23.5 Å². The summed E-state index contributed by atoms with van der Waals surface area (Å²) in [4.78, 5) is 88.1. The van der Waals surface area contributed by atoms with Gasteiger partial charge in [-0.3, -0.25) is 32.5 Å². The van der Waals surface area contributed by atoms with Crippen LogP contribution in [0.25, 0.3) is 11.2 Å². The number of aliphatic hydroxyl groups excluding tert-OH is 2. The molecule has 3 heterocycles. The number of nitrogens with two attached hydrogens (primary N) is 1. The van der Waals surface area contributed by atoms with Crippen LogP contribution in [0.15, 0.2) is 24.8 Å². The van der Waals surface area contributed by atoms with Crippen molar-refractivity contribution in [3.05, 3.63) is 24.8 Å². The summed E-state index contributed by atoms with van der Waals surface area (Å²) in [6.07, 6.45) is 11.1. The number of imidazole rings is 1. The molecular formula is C37H64N7O17P3S. The lowest BCUT2D eigenvalue weighted by atomic mass is 9.87. The maximum absolute atomic E-state index is 12.7. The van der Waals surface area contributed by atoms with Crippen LogP contribution < -0.4 is 16.4 Å². The van der Waals surface area contributed by atoms with E-state index in [-0.39, 0.29) is 41.6 Å². The van der Waals surface area contributed by atoms with Gasteiger partial charge in [0, 0.05) is 30.7 Å². The topological polar surface area (TPSA) is 364 Å². The molecule has 3 rings (SSSR count). The molecular weight excluding hydrogens is 939 g/mol. The number of nitrogen functional groups attached to an aromatic ring is 1. The number of aliphatic hydroxyl groups is 2. The number of ether oxygens (including phenoxy) is 1. The minimum atomic E-state index is -5.58. The molecule has 0 aliphatic carbocycles. The molecule has 1 fully saturated rings. The lowest BCUT2D eigenvalue weighted by molar-refractivity contribution is -0.137. The lowest BCUT2D eigenvalue weighted by Gasteiger charge is -2.30. The largest absolute Gasteiger partial charge is 0.481 e. The molecule has 1 aliphatic heterocycles. The molecule has 10 N–H and O–H groups in total. The third-order valence-electron chi connectivity index (χ3n) is 9.97. The number of nitrogens with zero attached hydrogens (tertiary/aromatic N) is 4. The standard InChI is InChI=1S/C37H64N7O17P3S/c1-4-5-6-7-8-9-10-11-12-13-14-15-16-17-28(46)65-21-20-39-27(45)18-19-40-35(49)32(48)37(2,3)23-58-64(55,56)61-63(53,54)57-22-26-31(60-62(50,51)52)30(47)36(59-26)44-25-43-29-33(38)41-24-42-34(29)44/h16-17,24-26,30-32,36,47-48H,4-15,18-23H2,1-3H3,(H,39,45)(H,40,49)(H,53,54)(H,55,56)(H2,38,41,42)(H2,50,51,52)/t26-,30-,31-,32?,36-/m1/s1. The van der Waals surface area contributed by atoms with Crippen molar-refractivity contribution < 1.29 is 80.5 Å². The van der Waals surface area contributed by atoms with Gasteiger partial charge in [0.1, 0.15) is 36.3 Å². The van der Waals surface area contributed by atoms with E-state index in [0.29, 0.717) is 5.75 Å². The summed E-state index contributed by atoms with van der Waals surface area (Å²) in [6, 6.07) is 0. The van der Waals surface area contributed by atoms with Crippen LogP contribution in [0.5, 0.6) is 0 Å². The molecule has 0 saturated carbocycles. The van der Waals surface area contributed by atoms with Crippen molar-refractivity contribution in [2.75, 3.05) is 37.8 Å². The highest BCUT2D eigenvalue weighted by molar-refractivity contribution is 8.14. The molecule has 28 heteroatoms. The minimum Gasteiger partial charge on any atom is -0.386 e. The van der Waals surface area contributed by atoms with Crippen LogP contribution in [0.2, 0.25) is 0 Å². The molecule has 370 valence electrons. The number of thioether (sulfide) groups is 1. The number of nitrogens with one attached hydrogen (secondary N) is 2. The first-order valence-corrected chi connectivity index (χ1v) is 26.8. The summed E-state index contributed by atoms with van der Waals surface area (Å²) in [5.41, 5.74) is 4.28. The molecule has 2 aromatic heterocycles. The van der Waals surface area contributed by atoms with Crippen LogP contribution >= 0.6 is 35.2 Å². The van der Waals surface area contributed by atoms with Crippen molar-refractivity contribution >= 4 is 69.1 Å². The van der Waals surface area contributed by atoms with Crippen molar-refractivity contribution in [3.63, 3.8) is 0 Å². The minimum absolute atomic E-state index is 0.0322. The number of unbranched alkanes of at least 4 members (excludes halogenated alkanes) is 11. The molecule has 3 unspecified atom stereocenters. The number of hydrogen-bond donors (Lipinski definition) is 9. The molecule has 7 atom stereocenters. The third kappa shape index (κ3) is 20.6. The van der Waals surface area contributed by atoms with E-state index in [1.165, 1.54) is 71.6 Å². The zero-order valence-corrected chi connectivity index (χ0v) is 40.2. The monoisotopic (exact) mass is 1000 g/mol. The van der Waals surface area contributed by atoms with Gasteiger partial charge in [-0.05, 0) is 18.9 Å². The fraction of sp³-hybridized carbons (Fsp3) is 0.730. The van der Waals surface area contributed by atoms with Crippen molar-refractivity contribution in [3.8, 4) is 0 Å². The van der Waals surface area contributed by atoms with Gasteiger partial charge in [-0.15, -0.1) is 0 Å². The highest BCUT2D eigenvalue weighted by Crippen LogP contribution is 2.61. The van der Waals surface area contributed by atoms with Gasteiger partial charge in [0.25, 0.3) is 0 Å². The normalized spacial score (nSPS) is 20.4. The summed E-state index contributed by atoms with van der Waals surface area (Å²) in [6.45, 7) is 2.74. The quantitative estimate of drug-likeness (QED) is 0.0285. The first kappa shape index (κ1) is 56.6. The van der Waals surface area contributed by atoms with Crippen molar-refractivity contribution in [2.24, 2.45) is 5.41 Å². The number of amides is 2. The van der Waals surface area contributed by atoms with Crippen LogP contribution in [-0.4, -0.2) is 123 Å². The van der Waals surface area contributed by atoms with Crippen molar-refractivity contribution in [1.29, 1.82) is 0 Å². The first-order chi connectivity index (χ1) is 30.6. The summed E-state index contributed by atoms with van der Waals surface area (Å²) >= 11 is 1.07. The van der Waals surface area contributed by atoms with Crippen LogP contribution in [-0.2, 0) is 50.7 Å². The van der Waals surface area contributed by atoms with Crippen LogP contribution in [0, 0.1) is 5.41 Å². The fourth-order valence-corrected chi connectivity index (χ4v) is 9.86. The predicted octanol–water partition coefficient (Wildman–Crippen LogP) is 3.92. The molecule has 65 heavy (non-hydrogen) atoms. The van der Waals surface area contributed by atoms with Crippen molar-refractivity contribution in [2.45, 2.75) is 135 Å². The number of phosphoric ester groups is 3. The van der Waals surface area contributed by atoms with E-state index in [1.807, 2.05) is 6.08 Å². The number of fused-ring (bicyclic) bond motifs is 1. The van der Waals surface area contributed by atoms with Crippen LogP contribution in [0.3, 0.4) is 0 Å². The number of allylic oxidation sites excluding steroid dienone is 1. The second-order valence-electron chi connectivity index (χ2n) is 16.0. The highest BCUT2D eigenvalue weighted by atomic mass is 32.2. The summed E-state index contributed by atoms with van der Waals surface area (Å²) < 4.78 is 62.4. The van der Waals surface area contributed by atoms with Crippen LogP contribution in [0.4, 0.5) is 5.82 Å². The molecule has 2 aromatic rings. The van der Waals surface area contributed by atoms with E-state index in [0.717, 1.165) is 48.2 Å². The van der Waals surface area contributed by atoms with Gasteiger partial charge in [0.15, 0.2) is 17.7 Å². The number of carbonyl (C=O) groups excluding carboxylic acids is 3. The van der Waals surface area contributed by atoms with E-state index in [4.69, 9.17) is 19.5 Å². The van der Waals surface area contributed by atoms with Crippen LogP contribution in [0.1, 0.15) is 110 Å². The Balaban J connectivity index is 1.34. The number of aromatic nitrogens is 4. The smallest absolute Gasteiger partial charge is 0.386 e. The maximum atomic E-state index is 12.7. The average molecular weight is 1000 g/mol. The second kappa shape index (κ2) is 27.3. The van der Waals surface area contributed by atoms with E-state index < -0.39 is 84.6 Å². The van der Waals surface area contributed by atoms with Gasteiger partial charge < -0.3 is 50.9 Å². The SMILES string of the molecule is CCCCCCCCCCCCCC=CC(=O)SCCNC(=O)CCNC(=O)C(O)C(C)(C)COP(=O)(O)OP(=O)(O)OC[C@H]1O[C@@H](n2cnc3c(N)ncnc32)[C@H](O)[C@@H]1OP(=O)(O)O. The third-order valence-corrected chi connectivity index (χ3v) is 13.9. The Bertz CT molecular complexity index is 2010. The number of hydrogen-bond acceptors (Lipinski definition) is 18. The van der Waals surface area contributed by atoms with Crippen molar-refractivity contribution in [1.82, 2.24) is 30.2 Å². The molecule has 1 aliphatic rings. The molecule has 2 amide bonds. The Morgan fingerprint density at radius 3 is 2.22 bits per heavy atom. The second-order valence-corrected chi connectivity index (χ2v) is 21.3. The zero-order valence-electron chi connectivity index (χ0n) is 36.7. The van der Waals surface area contributed by atoms with Gasteiger partial charge in [-0.25, -0.2) is 28.6 Å². The van der Waals surface area contributed by atoms with Gasteiger partial charge in [-0.1, -0.05) is 103 Å². The van der Waals surface area contributed by atoms with Gasteiger partial charge in [0.2, 0.25) is 16.9 Å². The number of carbonyl (C=O) groups is 3. The number of anilines is 1. The molecule has 0 radical (unpaired) electrons. The summed E-state index contributed by atoms with van der Waals surface area (Å²) in [5, 5.41) is 26.4. The Kier molecular flexibility index (Phi) is 23.8. The average Bonchev–Trinajstić information content (AvgIpc) is 3.79. The molecule has 0 aromatic carbocycles. The highest BCUT2D eigenvalue weighted by Gasteiger charge is 2.50. The van der Waals surface area contributed by atoms with E-state index in [1.54, 1.807) is 6.08 Å². The first-order valence-electron chi connectivity index (χ1n) is 21.3. The Morgan fingerprint density at radius 2 is 1.57 bits per heavy atom. The maximum Gasteiger partial charge on any atom is 0.481 e. The van der Waals surface area contributed by atoms with E-state index in [2.05, 4.69) is 41.3 Å². The molecule has 1 saturated heterocycles. The lowest BCUT2D eigenvalue weighted by Crippen LogP contribution is -2.46. The van der Waals surface area contributed by atoms with E-state index >= 15 is 0 Å². The van der Waals surface area contributed by atoms with E-state index in [9.17, 15) is 57.9 Å². The summed E-state index contributed by atoms with van der Waals surface area (Å²) in [5.74, 6) is -1.10. The Hall–Kier alpha value is -2.70. The zero-order chi connectivity index (χ0) is 48.3. The summed E-state index contributed by atoms with van der Waals surface area (Å²) in [7, 11) is -16.4. The number of rotatable bonds is 32. The molecule has 0 bridgehead atoms. The Morgan fingerprint density at radius 1 is 0.938 bits per heavy atom. The number of phosphoric acid groups is 3. The van der Waals surface area contributed by atoms with Gasteiger partial charge in [0.05, 0.1) is 19.5 Å². The Labute approximate surface area is 381 Å². The molecule has 24 nitrogen and oxygen atoms in total. The fourth-order valence-electron chi connectivity index (χ4n) is 6.44. The predicted molar refractivity (Wildman–Crippen MR) is 237 cm³/mol. The van der Waals surface area contributed by atoms with Gasteiger partial charge in [-0.2, -0.15) is 4.31 Å². The molecule has 0 spiro atoms.